The van der Waals surface area contributed by atoms with Crippen molar-refractivity contribution in [2.75, 3.05) is 12.0 Å². The summed E-state index contributed by atoms with van der Waals surface area (Å²) in [5.74, 6) is 0.661. The molecule has 0 fully saturated rings. The number of rotatable bonds is 5. The van der Waals surface area contributed by atoms with Crippen LogP contribution < -0.4 is 15.6 Å². The number of benzene rings is 2. The van der Waals surface area contributed by atoms with E-state index in [0.717, 1.165) is 26.6 Å². The molecule has 1 aromatic heterocycles. The molecule has 2 aromatic carbocycles. The van der Waals surface area contributed by atoms with Gasteiger partial charge in [-0.25, -0.2) is 9.97 Å². The predicted molar refractivity (Wildman–Crippen MR) is 100 cm³/mol. The van der Waals surface area contributed by atoms with Gasteiger partial charge in [-0.15, -0.1) is 0 Å². The predicted octanol–water partition coefficient (Wildman–Crippen LogP) is 3.53. The molecule has 3 rings (SSSR count). The molecule has 0 atom stereocenters. The lowest BCUT2D eigenvalue weighted by molar-refractivity contribution is -0.122. The molecule has 3 aromatic rings. The monoisotopic (exact) mass is 400 g/mol. The van der Waals surface area contributed by atoms with E-state index in [1.54, 1.807) is 0 Å². The minimum Gasteiger partial charge on any atom is -0.484 e. The summed E-state index contributed by atoms with van der Waals surface area (Å²) in [4.78, 5) is 20.3. The lowest BCUT2D eigenvalue weighted by atomic mass is 10.1. The quantitative estimate of drug-likeness (QED) is 0.640. The molecule has 128 valence electrons. The molecule has 0 bridgehead atoms. The molecular formula is C18H17BrN4O2. The summed E-state index contributed by atoms with van der Waals surface area (Å²) in [6.45, 7) is 3.62. The smallest absolute Gasteiger partial charge is 0.276 e. The highest BCUT2D eigenvalue weighted by atomic mass is 79.9. The summed E-state index contributed by atoms with van der Waals surface area (Å²) in [6, 6.07) is 13.5. The van der Waals surface area contributed by atoms with Gasteiger partial charge in [-0.2, -0.15) is 0 Å². The van der Waals surface area contributed by atoms with Crippen molar-refractivity contribution in [2.24, 2.45) is 0 Å². The fourth-order valence-electron chi connectivity index (χ4n) is 2.38. The first kappa shape index (κ1) is 17.2. The fourth-order valence-corrected chi connectivity index (χ4v) is 2.76. The Kier molecular flexibility index (Phi) is 5.14. The topological polar surface area (TPSA) is 76.1 Å². The van der Waals surface area contributed by atoms with E-state index >= 15 is 0 Å². The van der Waals surface area contributed by atoms with Crippen LogP contribution in [-0.4, -0.2) is 22.5 Å². The molecule has 1 amide bonds. The van der Waals surface area contributed by atoms with E-state index in [-0.39, 0.29) is 12.5 Å². The van der Waals surface area contributed by atoms with Crippen LogP contribution in [0.3, 0.4) is 0 Å². The number of aromatic nitrogens is 2. The second kappa shape index (κ2) is 7.48. The molecule has 0 saturated heterocycles. The Hall–Kier alpha value is -2.67. The standard InChI is InChI=1S/C18H17BrN4O2/c1-11-7-12(2)21-18(20-11)23-22-17(24)10-25-16-6-4-13-8-15(19)5-3-14(13)9-16/h3-9H,10H2,1-2H3,(H,22,24)(H,20,21,23). The van der Waals surface area contributed by atoms with Crippen molar-refractivity contribution in [3.8, 4) is 5.75 Å². The average Bonchev–Trinajstić information content (AvgIpc) is 2.57. The van der Waals surface area contributed by atoms with Crippen LogP contribution in [0.5, 0.6) is 5.75 Å². The van der Waals surface area contributed by atoms with Gasteiger partial charge in [0, 0.05) is 15.9 Å². The minimum atomic E-state index is -0.321. The van der Waals surface area contributed by atoms with E-state index in [0.29, 0.717) is 11.7 Å². The van der Waals surface area contributed by atoms with Gasteiger partial charge in [0.2, 0.25) is 5.95 Å². The van der Waals surface area contributed by atoms with E-state index in [2.05, 4.69) is 36.7 Å². The molecule has 2 N–H and O–H groups in total. The fraction of sp³-hybridized carbons (Fsp3) is 0.167. The largest absolute Gasteiger partial charge is 0.484 e. The number of fused-ring (bicyclic) bond motifs is 1. The Balaban J connectivity index is 1.56. The van der Waals surface area contributed by atoms with Crippen LogP contribution in [0.15, 0.2) is 46.9 Å². The Labute approximate surface area is 153 Å². The molecule has 25 heavy (non-hydrogen) atoms. The first-order valence-electron chi connectivity index (χ1n) is 7.69. The molecule has 0 saturated carbocycles. The zero-order valence-electron chi connectivity index (χ0n) is 13.8. The van der Waals surface area contributed by atoms with E-state index in [4.69, 9.17) is 4.74 Å². The number of carbonyl (C=O) groups excluding carboxylic acids is 1. The molecule has 0 radical (unpaired) electrons. The molecule has 0 unspecified atom stereocenters. The maximum Gasteiger partial charge on any atom is 0.276 e. The number of carbonyl (C=O) groups is 1. The van der Waals surface area contributed by atoms with Crippen LogP contribution in [0.25, 0.3) is 10.8 Å². The molecular weight excluding hydrogens is 384 g/mol. The zero-order valence-corrected chi connectivity index (χ0v) is 15.4. The van der Waals surface area contributed by atoms with Crippen molar-refractivity contribution in [2.45, 2.75) is 13.8 Å². The number of hydrazine groups is 1. The maximum atomic E-state index is 11.9. The zero-order chi connectivity index (χ0) is 17.8. The molecule has 0 aliphatic carbocycles. The summed E-state index contributed by atoms with van der Waals surface area (Å²) in [7, 11) is 0. The average molecular weight is 401 g/mol. The van der Waals surface area contributed by atoms with Gasteiger partial charge in [0.25, 0.3) is 5.91 Å². The number of hydrogen-bond donors (Lipinski definition) is 2. The van der Waals surface area contributed by atoms with Crippen LogP contribution >= 0.6 is 15.9 Å². The number of ether oxygens (including phenoxy) is 1. The van der Waals surface area contributed by atoms with Gasteiger partial charge in [-0.05, 0) is 55.0 Å². The SMILES string of the molecule is Cc1cc(C)nc(NNC(=O)COc2ccc3cc(Br)ccc3c2)n1. The van der Waals surface area contributed by atoms with Crippen molar-refractivity contribution in [1.29, 1.82) is 0 Å². The normalized spacial score (nSPS) is 10.5. The Morgan fingerprint density at radius 2 is 1.72 bits per heavy atom. The number of aryl methyl sites for hydroxylation is 2. The first-order valence-corrected chi connectivity index (χ1v) is 8.48. The number of nitrogens with one attached hydrogen (secondary N) is 2. The number of anilines is 1. The van der Waals surface area contributed by atoms with Crippen LogP contribution in [-0.2, 0) is 4.79 Å². The highest BCUT2D eigenvalue weighted by Gasteiger charge is 2.05. The van der Waals surface area contributed by atoms with Crippen LogP contribution in [0.1, 0.15) is 11.4 Å². The third kappa shape index (κ3) is 4.67. The van der Waals surface area contributed by atoms with Gasteiger partial charge in [0.05, 0.1) is 0 Å². The van der Waals surface area contributed by atoms with Crippen molar-refractivity contribution in [1.82, 2.24) is 15.4 Å². The van der Waals surface area contributed by atoms with Gasteiger partial charge in [-0.3, -0.25) is 15.6 Å². The van der Waals surface area contributed by atoms with Crippen molar-refractivity contribution < 1.29 is 9.53 Å². The van der Waals surface area contributed by atoms with Crippen molar-refractivity contribution >= 4 is 38.6 Å². The van der Waals surface area contributed by atoms with Gasteiger partial charge >= 0.3 is 0 Å². The van der Waals surface area contributed by atoms with E-state index in [1.165, 1.54) is 0 Å². The molecule has 0 aliphatic rings. The third-order valence-electron chi connectivity index (χ3n) is 3.44. The van der Waals surface area contributed by atoms with Crippen molar-refractivity contribution in [3.63, 3.8) is 0 Å². The molecule has 7 heteroatoms. The second-order valence-electron chi connectivity index (χ2n) is 5.59. The first-order chi connectivity index (χ1) is 12.0. The van der Waals surface area contributed by atoms with E-state index in [1.807, 2.05) is 56.3 Å². The number of halogens is 1. The van der Waals surface area contributed by atoms with Crippen LogP contribution in [0.4, 0.5) is 5.95 Å². The number of amides is 1. The summed E-state index contributed by atoms with van der Waals surface area (Å²) < 4.78 is 6.56. The highest BCUT2D eigenvalue weighted by Crippen LogP contribution is 2.24. The lowest BCUT2D eigenvalue weighted by Gasteiger charge is -2.10. The second-order valence-corrected chi connectivity index (χ2v) is 6.51. The van der Waals surface area contributed by atoms with Gasteiger partial charge in [-0.1, -0.05) is 28.1 Å². The highest BCUT2D eigenvalue weighted by molar-refractivity contribution is 9.10. The number of nitrogens with zero attached hydrogens (tertiary/aromatic N) is 2. The lowest BCUT2D eigenvalue weighted by Crippen LogP contribution is -2.34. The van der Waals surface area contributed by atoms with E-state index < -0.39 is 0 Å². The summed E-state index contributed by atoms with van der Waals surface area (Å²) in [5, 5.41) is 2.14. The number of hydrogen-bond acceptors (Lipinski definition) is 5. The Morgan fingerprint density at radius 1 is 1.04 bits per heavy atom. The van der Waals surface area contributed by atoms with Gasteiger partial charge in [0.1, 0.15) is 5.75 Å². The summed E-state index contributed by atoms with van der Waals surface area (Å²) >= 11 is 3.44. The van der Waals surface area contributed by atoms with Crippen LogP contribution in [0, 0.1) is 13.8 Å². The summed E-state index contributed by atoms with van der Waals surface area (Å²) in [5.41, 5.74) is 6.86. The van der Waals surface area contributed by atoms with E-state index in [9.17, 15) is 4.79 Å². The minimum absolute atomic E-state index is 0.111. The molecule has 0 aliphatic heterocycles. The van der Waals surface area contributed by atoms with Crippen molar-refractivity contribution in [3.05, 3.63) is 58.3 Å². The molecule has 0 spiro atoms. The Bertz CT molecular complexity index is 910. The van der Waals surface area contributed by atoms with Gasteiger partial charge < -0.3 is 4.74 Å². The third-order valence-corrected chi connectivity index (χ3v) is 3.93. The van der Waals surface area contributed by atoms with Crippen LogP contribution in [0.2, 0.25) is 0 Å². The molecule has 6 nitrogen and oxygen atoms in total. The Morgan fingerprint density at radius 3 is 2.48 bits per heavy atom. The maximum absolute atomic E-state index is 11.9. The van der Waals surface area contributed by atoms with Gasteiger partial charge in [0.15, 0.2) is 6.61 Å². The summed E-state index contributed by atoms with van der Waals surface area (Å²) in [6.07, 6.45) is 0. The molecule has 1 heterocycles.